The Balaban J connectivity index is 0.000000186. The van der Waals surface area contributed by atoms with Crippen LogP contribution in [0.25, 0.3) is 56.1 Å². The van der Waals surface area contributed by atoms with Gasteiger partial charge in [0.2, 0.25) is 0 Å². The minimum atomic E-state index is -4.41. The Kier molecular flexibility index (Phi) is 12.5. The summed E-state index contributed by atoms with van der Waals surface area (Å²) in [6, 6.07) is -0.0139. The van der Waals surface area contributed by atoms with Gasteiger partial charge in [-0.3, -0.25) is 18.7 Å². The van der Waals surface area contributed by atoms with E-state index in [0.717, 1.165) is 9.36 Å². The smallest absolute Gasteiger partial charge is 0.394 e. The van der Waals surface area contributed by atoms with Crippen molar-refractivity contribution in [3.05, 3.63) is 86.5 Å². The lowest BCUT2D eigenvalue weighted by Crippen LogP contribution is -2.26. The normalized spacial score (nSPS) is 14.3. The van der Waals surface area contributed by atoms with Crippen LogP contribution in [0.2, 0.25) is 0 Å². The van der Waals surface area contributed by atoms with Gasteiger partial charge in [-0.15, -0.1) is 0 Å². The molecule has 24 heteroatoms. The molecule has 0 bridgehead atoms. The zero-order chi connectivity index (χ0) is 44.3. The summed E-state index contributed by atoms with van der Waals surface area (Å²) in [5.41, 5.74) is 5.19. The van der Waals surface area contributed by atoms with Gasteiger partial charge in [0.25, 0.3) is 0 Å². The van der Waals surface area contributed by atoms with Gasteiger partial charge in [0.15, 0.2) is 0 Å². The summed E-state index contributed by atoms with van der Waals surface area (Å²) in [4.78, 5) is 9.25. The van der Waals surface area contributed by atoms with Crippen LogP contribution >= 0.6 is 0 Å². The highest BCUT2D eigenvalue weighted by molar-refractivity contribution is 5.79. The standard InChI is InChI=1S/2C19H20F3N7O2/c2*1-2-17(19(20,21)22)29-8-13(6-25-29)18-16-3-4-23-28(16)10-15(26-18)12-5-24-27(7-12)9-14(31)11-30/h2*3-8,10,14,17,30-31H,2,9,11H2,1H3/t14-,17?;14-,17+/m11/s1. The van der Waals surface area contributed by atoms with Crippen LogP contribution in [0.1, 0.15) is 38.8 Å². The number of fused-ring (bicyclic) bond motifs is 2. The minimum absolute atomic E-state index is 0.107. The van der Waals surface area contributed by atoms with E-state index in [0.29, 0.717) is 56.1 Å². The molecular weight excluding hydrogens is 830 g/mol. The van der Waals surface area contributed by atoms with Crippen molar-refractivity contribution in [2.45, 2.75) is 76.4 Å². The Morgan fingerprint density at radius 2 is 0.919 bits per heavy atom. The highest BCUT2D eigenvalue weighted by Crippen LogP contribution is 2.36. The predicted molar refractivity (Wildman–Crippen MR) is 208 cm³/mol. The molecule has 62 heavy (non-hydrogen) atoms. The molecule has 0 aliphatic heterocycles. The Morgan fingerprint density at radius 3 is 1.27 bits per heavy atom. The van der Waals surface area contributed by atoms with Gasteiger partial charge >= 0.3 is 12.4 Å². The van der Waals surface area contributed by atoms with Gasteiger partial charge in [-0.2, -0.15) is 56.9 Å². The molecule has 0 saturated heterocycles. The van der Waals surface area contributed by atoms with Crippen LogP contribution in [-0.2, 0) is 13.1 Å². The summed E-state index contributed by atoms with van der Waals surface area (Å²) < 4.78 is 87.7. The average Bonchev–Trinajstić information content (AvgIpc) is 4.08. The van der Waals surface area contributed by atoms with Crippen LogP contribution in [-0.4, -0.2) is 127 Å². The molecule has 0 amide bonds. The van der Waals surface area contributed by atoms with Gasteiger partial charge in [-0.25, -0.2) is 19.0 Å². The first-order valence-electron chi connectivity index (χ1n) is 19.1. The fourth-order valence-electron chi connectivity index (χ4n) is 6.69. The first kappa shape index (κ1) is 43.6. The Labute approximate surface area is 346 Å². The van der Waals surface area contributed by atoms with E-state index in [1.165, 1.54) is 48.0 Å². The molecule has 8 aromatic heterocycles. The molecule has 8 aromatic rings. The number of aliphatic hydroxyl groups is 4. The maximum atomic E-state index is 13.3. The third-order valence-electron chi connectivity index (χ3n) is 9.77. The second-order valence-corrected chi connectivity index (χ2v) is 14.2. The molecule has 0 fully saturated rings. The molecule has 4 N–H and O–H groups in total. The maximum Gasteiger partial charge on any atom is 0.410 e. The predicted octanol–water partition coefficient (Wildman–Crippen LogP) is 4.65. The van der Waals surface area contributed by atoms with Crippen molar-refractivity contribution in [2.24, 2.45) is 0 Å². The molecule has 0 aliphatic rings. The molecule has 8 rings (SSSR count). The first-order chi connectivity index (χ1) is 29.6. The molecule has 328 valence electrons. The second kappa shape index (κ2) is 17.8. The largest absolute Gasteiger partial charge is 0.410 e. The maximum absolute atomic E-state index is 13.3. The molecule has 4 atom stereocenters. The van der Waals surface area contributed by atoms with E-state index in [1.807, 2.05) is 0 Å². The summed E-state index contributed by atoms with van der Waals surface area (Å²) in [5, 5.41) is 61.8. The molecule has 18 nitrogen and oxygen atoms in total. The summed E-state index contributed by atoms with van der Waals surface area (Å²) in [7, 11) is 0. The van der Waals surface area contributed by atoms with Crippen LogP contribution in [0.5, 0.6) is 0 Å². The minimum Gasteiger partial charge on any atom is -0.394 e. The van der Waals surface area contributed by atoms with Crippen molar-refractivity contribution in [1.82, 2.24) is 68.3 Å². The van der Waals surface area contributed by atoms with Gasteiger partial charge in [0.05, 0.1) is 122 Å². The lowest BCUT2D eigenvalue weighted by atomic mass is 10.2. The summed E-state index contributed by atoms with van der Waals surface area (Å²) in [6.45, 7) is 2.35. The number of hydrogen-bond acceptors (Lipinski definition) is 12. The number of nitrogens with zero attached hydrogens (tertiary/aromatic N) is 14. The molecule has 0 aromatic carbocycles. The van der Waals surface area contributed by atoms with Crippen molar-refractivity contribution < 1.29 is 46.8 Å². The molecule has 1 unspecified atom stereocenters. The van der Waals surface area contributed by atoms with Gasteiger partial charge in [-0.05, 0) is 25.0 Å². The molecule has 0 radical (unpaired) electrons. The zero-order valence-corrected chi connectivity index (χ0v) is 33.0. The number of aromatic nitrogens is 14. The number of halogens is 6. The van der Waals surface area contributed by atoms with Crippen molar-refractivity contribution in [2.75, 3.05) is 13.2 Å². The Bertz CT molecular complexity index is 2550. The molecule has 0 saturated carbocycles. The fraction of sp³-hybridized carbons (Fsp3) is 0.368. The van der Waals surface area contributed by atoms with Crippen LogP contribution in [0.3, 0.4) is 0 Å². The molecule has 0 spiro atoms. The first-order valence-corrected chi connectivity index (χ1v) is 19.1. The van der Waals surface area contributed by atoms with Gasteiger partial charge in [0.1, 0.15) is 12.1 Å². The molecule has 8 heterocycles. The summed E-state index contributed by atoms with van der Waals surface area (Å²) in [5.74, 6) is 0. The quantitative estimate of drug-likeness (QED) is 0.110. The summed E-state index contributed by atoms with van der Waals surface area (Å²) in [6.07, 6.45) is 7.28. The van der Waals surface area contributed by atoms with E-state index in [2.05, 4.69) is 40.6 Å². The topological polar surface area (TPSA) is 213 Å². The van der Waals surface area contributed by atoms with Crippen LogP contribution < -0.4 is 0 Å². The van der Waals surface area contributed by atoms with Gasteiger partial charge < -0.3 is 20.4 Å². The van der Waals surface area contributed by atoms with Crippen LogP contribution in [0.15, 0.2) is 86.5 Å². The Hall–Kier alpha value is -6.50. The van der Waals surface area contributed by atoms with E-state index in [-0.39, 0.29) is 25.9 Å². The summed E-state index contributed by atoms with van der Waals surface area (Å²) >= 11 is 0. The van der Waals surface area contributed by atoms with Crippen molar-refractivity contribution in [3.63, 3.8) is 0 Å². The van der Waals surface area contributed by atoms with Crippen LogP contribution in [0, 0.1) is 0 Å². The molecule has 0 aliphatic carbocycles. The monoisotopic (exact) mass is 870 g/mol. The fourth-order valence-corrected chi connectivity index (χ4v) is 6.69. The zero-order valence-electron chi connectivity index (χ0n) is 33.0. The highest BCUT2D eigenvalue weighted by Gasteiger charge is 2.41. The van der Waals surface area contributed by atoms with Gasteiger partial charge in [0, 0.05) is 47.0 Å². The van der Waals surface area contributed by atoms with Crippen molar-refractivity contribution in [3.8, 4) is 45.0 Å². The van der Waals surface area contributed by atoms with Gasteiger partial charge in [-0.1, -0.05) is 13.8 Å². The number of alkyl halides is 6. The van der Waals surface area contributed by atoms with E-state index in [4.69, 9.17) is 10.2 Å². The lowest BCUT2D eigenvalue weighted by molar-refractivity contribution is -0.171. The van der Waals surface area contributed by atoms with E-state index in [9.17, 15) is 36.6 Å². The average molecular weight is 871 g/mol. The molecular formula is C38H40F6N14O4. The Morgan fingerprint density at radius 1 is 0.532 bits per heavy atom. The third kappa shape index (κ3) is 9.36. The van der Waals surface area contributed by atoms with E-state index >= 15 is 0 Å². The van der Waals surface area contributed by atoms with Crippen LogP contribution in [0.4, 0.5) is 26.3 Å². The number of aliphatic hydroxyl groups excluding tert-OH is 4. The van der Waals surface area contributed by atoms with Crippen molar-refractivity contribution in [1.29, 1.82) is 0 Å². The SMILES string of the molecule is CCC(n1cc(-c2nc(-c3cnn(C[C@@H](O)CO)c3)cn3nccc23)cn1)C(F)(F)F.CC[C@H](n1cc(-c2nc(-c3cnn(C[C@@H](O)CO)c3)cn3nccc23)cn1)C(F)(F)F. The number of rotatable bonds is 14. The lowest BCUT2D eigenvalue weighted by Gasteiger charge is -2.18. The van der Waals surface area contributed by atoms with E-state index in [1.54, 1.807) is 70.7 Å². The number of hydrogen-bond donors (Lipinski definition) is 4. The second-order valence-electron chi connectivity index (χ2n) is 14.2. The third-order valence-corrected chi connectivity index (χ3v) is 9.77. The highest BCUT2D eigenvalue weighted by atomic mass is 19.4. The van der Waals surface area contributed by atoms with Crippen molar-refractivity contribution >= 4 is 11.0 Å². The van der Waals surface area contributed by atoms with E-state index < -0.39 is 49.9 Å².